The first-order valence-electron chi connectivity index (χ1n) is 16.9. The highest BCUT2D eigenvalue weighted by Gasteiger charge is 2.16. The maximum atomic E-state index is 3.55. The quantitative estimate of drug-likeness (QED) is 0.165. The summed E-state index contributed by atoms with van der Waals surface area (Å²) in [5.74, 6) is 0.952. The molecule has 0 radical (unpaired) electrons. The van der Waals surface area contributed by atoms with Crippen molar-refractivity contribution in [3.8, 4) is 0 Å². The number of benzene rings is 5. The highest BCUT2D eigenvalue weighted by molar-refractivity contribution is 5.66. The summed E-state index contributed by atoms with van der Waals surface area (Å²) in [4.78, 5) is 0. The van der Waals surface area contributed by atoms with Gasteiger partial charge in [0.2, 0.25) is 0 Å². The molecule has 0 aliphatic carbocycles. The van der Waals surface area contributed by atoms with Crippen molar-refractivity contribution < 1.29 is 0 Å². The van der Waals surface area contributed by atoms with Crippen LogP contribution < -0.4 is 10.6 Å². The van der Waals surface area contributed by atoms with E-state index in [4.69, 9.17) is 0 Å². The van der Waals surface area contributed by atoms with Crippen molar-refractivity contribution in [2.75, 3.05) is 10.6 Å². The van der Waals surface area contributed by atoms with E-state index in [-0.39, 0.29) is 10.8 Å². The normalized spacial score (nSPS) is 13.2. The Hall–Kier alpha value is -4.30. The molecule has 0 amide bonds. The highest BCUT2D eigenvalue weighted by atomic mass is 14.9. The van der Waals surface area contributed by atoms with E-state index in [1.165, 1.54) is 33.4 Å². The summed E-state index contributed by atoms with van der Waals surface area (Å²) in [6.45, 7) is 18.2. The van der Waals surface area contributed by atoms with E-state index in [1.807, 2.05) is 0 Å². The fourth-order valence-corrected chi connectivity index (χ4v) is 5.98. The number of hydrogen-bond donors (Lipinski definition) is 2. The Kier molecular flexibility index (Phi) is 10.1. The van der Waals surface area contributed by atoms with Gasteiger partial charge in [0.1, 0.15) is 0 Å². The average Bonchev–Trinajstić information content (AvgIpc) is 3.03. The van der Waals surface area contributed by atoms with Crippen LogP contribution in [0.25, 0.3) is 0 Å². The second kappa shape index (κ2) is 14.0. The molecule has 0 spiro atoms. The molecule has 2 heteroatoms. The van der Waals surface area contributed by atoms with E-state index in [2.05, 4.69) is 187 Å². The lowest BCUT2D eigenvalue weighted by Gasteiger charge is -2.20. The van der Waals surface area contributed by atoms with Crippen LogP contribution in [-0.4, -0.2) is 0 Å². The molecule has 2 nitrogen and oxygen atoms in total. The third-order valence-electron chi connectivity index (χ3n) is 9.15. The van der Waals surface area contributed by atoms with Gasteiger partial charge in [-0.05, 0) is 117 Å². The van der Waals surface area contributed by atoms with E-state index in [1.54, 1.807) is 0 Å². The predicted molar refractivity (Wildman–Crippen MR) is 200 cm³/mol. The number of rotatable bonds is 10. The topological polar surface area (TPSA) is 24.1 Å². The van der Waals surface area contributed by atoms with Gasteiger partial charge in [-0.15, -0.1) is 0 Å². The number of nitrogens with one attached hydrogen (secondary N) is 2. The Balaban J connectivity index is 1.10. The Labute approximate surface area is 278 Å². The molecule has 0 saturated carbocycles. The minimum absolute atomic E-state index is 0.188. The Morgan fingerprint density at radius 1 is 0.391 bits per heavy atom. The van der Waals surface area contributed by atoms with Crippen molar-refractivity contribution in [3.05, 3.63) is 155 Å². The van der Waals surface area contributed by atoms with Gasteiger partial charge < -0.3 is 10.6 Å². The summed E-state index contributed by atoms with van der Waals surface area (Å²) in [7, 11) is 0. The molecule has 5 aromatic rings. The monoisotopic (exact) mass is 608 g/mol. The molecular weight excluding hydrogens is 556 g/mol. The highest BCUT2D eigenvalue weighted by Crippen LogP contribution is 2.29. The Bertz CT molecular complexity index is 1530. The minimum Gasteiger partial charge on any atom is -0.356 e. The summed E-state index contributed by atoms with van der Waals surface area (Å²) in [5.41, 5.74) is 13.0. The van der Waals surface area contributed by atoms with E-state index in [0.29, 0.717) is 11.8 Å². The zero-order valence-corrected chi connectivity index (χ0v) is 29.1. The summed E-state index contributed by atoms with van der Waals surface area (Å²) in [6.07, 6.45) is 2.06. The lowest BCUT2D eigenvalue weighted by atomic mass is 9.85. The maximum Gasteiger partial charge on any atom is 0.0385 e. The maximum absolute atomic E-state index is 3.55. The van der Waals surface area contributed by atoms with Gasteiger partial charge in [-0.1, -0.05) is 128 Å². The standard InChI is InChI=1S/C44H52N2/c1-31(35-13-17-37(18-14-35)43(3,4)5)29-33-9-21-39(22-10-33)45-41-25-27-42(28-26-41)46-40-23-11-34(12-24-40)30-32(2)36-15-19-38(20-16-36)44(6,7)8/h9-28,31-32,45-46H,29-30H2,1-8H3. The fourth-order valence-electron chi connectivity index (χ4n) is 5.98. The zero-order valence-electron chi connectivity index (χ0n) is 29.1. The van der Waals surface area contributed by atoms with Gasteiger partial charge in [0.15, 0.2) is 0 Å². The Morgan fingerprint density at radius 3 is 0.913 bits per heavy atom. The van der Waals surface area contributed by atoms with Crippen molar-refractivity contribution >= 4 is 22.7 Å². The molecule has 0 aromatic heterocycles. The molecule has 238 valence electrons. The van der Waals surface area contributed by atoms with Crippen molar-refractivity contribution in [1.29, 1.82) is 0 Å². The molecule has 0 heterocycles. The van der Waals surface area contributed by atoms with Gasteiger partial charge in [-0.3, -0.25) is 0 Å². The van der Waals surface area contributed by atoms with Crippen LogP contribution in [0, 0.1) is 0 Å². The summed E-state index contributed by atoms with van der Waals surface area (Å²) >= 11 is 0. The van der Waals surface area contributed by atoms with E-state index >= 15 is 0 Å². The van der Waals surface area contributed by atoms with Gasteiger partial charge in [-0.2, -0.15) is 0 Å². The van der Waals surface area contributed by atoms with Crippen LogP contribution in [0.1, 0.15) is 101 Å². The third-order valence-corrected chi connectivity index (χ3v) is 9.15. The van der Waals surface area contributed by atoms with Crippen LogP contribution in [0.2, 0.25) is 0 Å². The molecular formula is C44H52N2. The second-order valence-electron chi connectivity index (χ2n) is 15.2. The van der Waals surface area contributed by atoms with Gasteiger partial charge in [-0.25, -0.2) is 0 Å². The lowest BCUT2D eigenvalue weighted by Crippen LogP contribution is -2.11. The van der Waals surface area contributed by atoms with Crippen LogP contribution in [0.4, 0.5) is 22.7 Å². The van der Waals surface area contributed by atoms with E-state index < -0.39 is 0 Å². The zero-order chi connectivity index (χ0) is 32.9. The van der Waals surface area contributed by atoms with Crippen molar-refractivity contribution in [2.45, 2.75) is 90.9 Å². The molecule has 0 aliphatic rings. The first-order valence-corrected chi connectivity index (χ1v) is 16.9. The molecule has 2 atom stereocenters. The fraction of sp³-hybridized carbons (Fsp3) is 0.318. The van der Waals surface area contributed by atoms with E-state index in [9.17, 15) is 0 Å². The van der Waals surface area contributed by atoms with Gasteiger partial charge in [0, 0.05) is 22.7 Å². The third kappa shape index (κ3) is 8.91. The molecule has 0 bridgehead atoms. The van der Waals surface area contributed by atoms with Gasteiger partial charge >= 0.3 is 0 Å². The smallest absolute Gasteiger partial charge is 0.0385 e. The molecule has 46 heavy (non-hydrogen) atoms. The van der Waals surface area contributed by atoms with Crippen molar-refractivity contribution in [2.24, 2.45) is 0 Å². The second-order valence-corrected chi connectivity index (χ2v) is 15.2. The first kappa shape index (κ1) is 33.1. The lowest BCUT2D eigenvalue weighted by molar-refractivity contribution is 0.589. The molecule has 0 aliphatic heterocycles. The molecule has 0 fully saturated rings. The minimum atomic E-state index is 0.188. The first-order chi connectivity index (χ1) is 21.8. The van der Waals surface area contributed by atoms with Gasteiger partial charge in [0.25, 0.3) is 0 Å². The van der Waals surface area contributed by atoms with Gasteiger partial charge in [0.05, 0.1) is 0 Å². The Morgan fingerprint density at radius 2 is 0.652 bits per heavy atom. The largest absolute Gasteiger partial charge is 0.356 e. The number of hydrogen-bond acceptors (Lipinski definition) is 2. The average molecular weight is 609 g/mol. The molecule has 2 unspecified atom stereocenters. The van der Waals surface area contributed by atoms with Crippen LogP contribution >= 0.6 is 0 Å². The van der Waals surface area contributed by atoms with Crippen LogP contribution in [-0.2, 0) is 23.7 Å². The predicted octanol–water partition coefficient (Wildman–Crippen LogP) is 12.5. The van der Waals surface area contributed by atoms with Crippen LogP contribution in [0.3, 0.4) is 0 Å². The summed E-state index contributed by atoms with van der Waals surface area (Å²) in [6, 6.07) is 44.5. The number of anilines is 4. The molecule has 2 N–H and O–H groups in total. The SMILES string of the molecule is CC(Cc1ccc(Nc2ccc(Nc3ccc(CC(C)c4ccc(C(C)(C)C)cc4)cc3)cc2)cc1)c1ccc(C(C)(C)C)cc1. The van der Waals surface area contributed by atoms with Crippen LogP contribution in [0.15, 0.2) is 121 Å². The molecule has 5 aromatic carbocycles. The summed E-state index contributed by atoms with van der Waals surface area (Å²) in [5, 5.41) is 7.10. The van der Waals surface area contributed by atoms with Crippen molar-refractivity contribution in [1.82, 2.24) is 0 Å². The van der Waals surface area contributed by atoms with Crippen molar-refractivity contribution in [3.63, 3.8) is 0 Å². The summed E-state index contributed by atoms with van der Waals surface area (Å²) < 4.78 is 0. The van der Waals surface area contributed by atoms with E-state index in [0.717, 1.165) is 35.6 Å². The molecule has 5 rings (SSSR count). The van der Waals surface area contributed by atoms with Crippen LogP contribution in [0.5, 0.6) is 0 Å². The molecule has 0 saturated heterocycles.